The van der Waals surface area contributed by atoms with E-state index in [1.54, 1.807) is 19.2 Å². The lowest BCUT2D eigenvalue weighted by Gasteiger charge is -2.08. The van der Waals surface area contributed by atoms with Crippen LogP contribution in [0.5, 0.6) is 0 Å². The summed E-state index contributed by atoms with van der Waals surface area (Å²) < 4.78 is 6.86. The van der Waals surface area contributed by atoms with Gasteiger partial charge in [-0.2, -0.15) is 5.10 Å². The Kier molecular flexibility index (Phi) is 2.54. The van der Waals surface area contributed by atoms with Crippen molar-refractivity contribution < 1.29 is 9.52 Å². The fraction of sp³-hybridized carbons (Fsp3) is 0.300. The van der Waals surface area contributed by atoms with Crippen LogP contribution in [0.1, 0.15) is 23.3 Å². The summed E-state index contributed by atoms with van der Waals surface area (Å²) in [5.74, 6) is 1.22. The zero-order chi connectivity index (χ0) is 11.0. The molecule has 1 unspecified atom stereocenters. The van der Waals surface area contributed by atoms with E-state index in [1.165, 1.54) is 10.9 Å². The van der Waals surface area contributed by atoms with Crippen LogP contribution in [0.15, 0.2) is 22.7 Å². The molecule has 0 amide bonds. The third-order valence-corrected chi connectivity index (χ3v) is 2.52. The maximum atomic E-state index is 10.0. The number of hydrogen-bond donors (Lipinski definition) is 1. The fourth-order valence-electron chi connectivity index (χ4n) is 1.46. The minimum atomic E-state index is -0.876. The Morgan fingerprint density at radius 3 is 2.73 bits per heavy atom. The van der Waals surface area contributed by atoms with Gasteiger partial charge >= 0.3 is 0 Å². The molecular weight excluding hydrogens is 216 g/mol. The lowest BCUT2D eigenvalue weighted by atomic mass is 10.2. The van der Waals surface area contributed by atoms with Crippen molar-refractivity contribution in [2.75, 3.05) is 0 Å². The van der Waals surface area contributed by atoms with Crippen molar-refractivity contribution in [1.29, 1.82) is 0 Å². The molecule has 2 aromatic heterocycles. The first-order chi connectivity index (χ1) is 7.09. The zero-order valence-corrected chi connectivity index (χ0v) is 9.19. The van der Waals surface area contributed by atoms with E-state index in [0.717, 1.165) is 5.76 Å². The summed E-state index contributed by atoms with van der Waals surface area (Å²) in [6, 6.07) is 3.52. The van der Waals surface area contributed by atoms with E-state index in [1.807, 2.05) is 6.92 Å². The summed E-state index contributed by atoms with van der Waals surface area (Å²) >= 11 is 5.91. The van der Waals surface area contributed by atoms with Gasteiger partial charge in [-0.1, -0.05) is 11.6 Å². The average molecular weight is 227 g/mol. The largest absolute Gasteiger partial charge is 0.463 e. The Morgan fingerprint density at radius 2 is 2.27 bits per heavy atom. The van der Waals surface area contributed by atoms with Gasteiger partial charge in [0.05, 0.1) is 16.9 Å². The number of aliphatic hydroxyl groups is 1. The molecule has 0 saturated carbocycles. The van der Waals surface area contributed by atoms with Crippen molar-refractivity contribution in [1.82, 2.24) is 9.78 Å². The van der Waals surface area contributed by atoms with Gasteiger partial charge in [0.25, 0.3) is 0 Å². The van der Waals surface area contributed by atoms with Gasteiger partial charge in [-0.15, -0.1) is 0 Å². The molecule has 15 heavy (non-hydrogen) atoms. The van der Waals surface area contributed by atoms with Gasteiger partial charge in [-0.05, 0) is 19.1 Å². The van der Waals surface area contributed by atoms with Crippen molar-refractivity contribution in [3.63, 3.8) is 0 Å². The van der Waals surface area contributed by atoms with E-state index in [9.17, 15) is 5.11 Å². The quantitative estimate of drug-likeness (QED) is 0.853. The van der Waals surface area contributed by atoms with Crippen LogP contribution in [-0.4, -0.2) is 14.9 Å². The molecular formula is C10H11ClN2O2. The molecule has 5 heteroatoms. The van der Waals surface area contributed by atoms with Crippen LogP contribution in [0.25, 0.3) is 0 Å². The highest BCUT2D eigenvalue weighted by Crippen LogP contribution is 2.28. The van der Waals surface area contributed by atoms with Gasteiger partial charge in [0.1, 0.15) is 11.5 Å². The molecule has 0 aliphatic rings. The second kappa shape index (κ2) is 3.72. The van der Waals surface area contributed by atoms with Gasteiger partial charge in [-0.3, -0.25) is 4.68 Å². The SMILES string of the molecule is Cc1ccc(C(O)c2c(Cl)cnn2C)o1. The highest BCUT2D eigenvalue weighted by molar-refractivity contribution is 6.31. The summed E-state index contributed by atoms with van der Waals surface area (Å²) in [6.45, 7) is 1.82. The Bertz CT molecular complexity index is 456. The molecule has 1 N–H and O–H groups in total. The number of hydrogen-bond acceptors (Lipinski definition) is 3. The number of furan rings is 1. The molecule has 0 aliphatic carbocycles. The molecule has 4 nitrogen and oxygen atoms in total. The second-order valence-corrected chi connectivity index (χ2v) is 3.76. The van der Waals surface area contributed by atoms with Crippen LogP contribution in [0, 0.1) is 6.92 Å². The van der Waals surface area contributed by atoms with Crippen molar-refractivity contribution in [2.24, 2.45) is 7.05 Å². The molecule has 0 spiro atoms. The van der Waals surface area contributed by atoms with E-state index in [4.69, 9.17) is 16.0 Å². The molecule has 2 aromatic rings. The van der Waals surface area contributed by atoms with E-state index < -0.39 is 6.10 Å². The predicted octanol–water partition coefficient (Wildman–Crippen LogP) is 2.06. The molecule has 2 heterocycles. The Balaban J connectivity index is 2.40. The standard InChI is InChI=1S/C10H11ClN2O2/c1-6-3-4-8(15-6)10(14)9-7(11)5-12-13(9)2/h3-5,10,14H,1-2H3. The first-order valence-electron chi connectivity index (χ1n) is 4.51. The van der Waals surface area contributed by atoms with Gasteiger partial charge in [0.15, 0.2) is 6.10 Å². The average Bonchev–Trinajstić information content (AvgIpc) is 2.73. The number of nitrogens with zero attached hydrogens (tertiary/aromatic N) is 2. The van der Waals surface area contributed by atoms with Crippen molar-refractivity contribution in [3.8, 4) is 0 Å². The van der Waals surface area contributed by atoms with Crippen molar-refractivity contribution in [3.05, 3.63) is 40.6 Å². The minimum Gasteiger partial charge on any atom is -0.463 e. The maximum Gasteiger partial charge on any atom is 0.155 e. The van der Waals surface area contributed by atoms with E-state index in [-0.39, 0.29) is 0 Å². The summed E-state index contributed by atoms with van der Waals surface area (Å²) in [6.07, 6.45) is 0.620. The normalized spacial score (nSPS) is 13.1. The van der Waals surface area contributed by atoms with Crippen molar-refractivity contribution in [2.45, 2.75) is 13.0 Å². The highest BCUT2D eigenvalue weighted by Gasteiger charge is 2.20. The number of rotatable bonds is 2. The molecule has 0 radical (unpaired) electrons. The molecule has 2 rings (SSSR count). The predicted molar refractivity (Wildman–Crippen MR) is 55.7 cm³/mol. The molecule has 1 atom stereocenters. The third-order valence-electron chi connectivity index (χ3n) is 2.23. The van der Waals surface area contributed by atoms with Crippen LogP contribution >= 0.6 is 11.6 Å². The van der Waals surface area contributed by atoms with E-state index in [0.29, 0.717) is 16.5 Å². The van der Waals surface area contributed by atoms with Gasteiger partial charge in [0, 0.05) is 7.05 Å². The Morgan fingerprint density at radius 1 is 1.53 bits per heavy atom. The maximum absolute atomic E-state index is 10.0. The first-order valence-corrected chi connectivity index (χ1v) is 4.89. The summed E-state index contributed by atoms with van der Waals surface area (Å²) in [7, 11) is 1.72. The van der Waals surface area contributed by atoms with Crippen LogP contribution in [-0.2, 0) is 7.05 Å². The zero-order valence-electron chi connectivity index (χ0n) is 8.44. The lowest BCUT2D eigenvalue weighted by molar-refractivity contribution is 0.178. The minimum absolute atomic E-state index is 0.430. The van der Waals surface area contributed by atoms with E-state index >= 15 is 0 Å². The Hall–Kier alpha value is -1.26. The van der Waals surface area contributed by atoms with Crippen LogP contribution in [0.4, 0.5) is 0 Å². The third kappa shape index (κ3) is 1.78. The second-order valence-electron chi connectivity index (χ2n) is 3.35. The number of aromatic nitrogens is 2. The first kappa shape index (κ1) is 10.3. The summed E-state index contributed by atoms with van der Waals surface area (Å²) in [5.41, 5.74) is 0.533. The Labute approximate surface area is 92.1 Å². The molecule has 0 aromatic carbocycles. The van der Waals surface area contributed by atoms with Gasteiger partial charge in [-0.25, -0.2) is 0 Å². The summed E-state index contributed by atoms with van der Waals surface area (Å²) in [4.78, 5) is 0. The lowest BCUT2D eigenvalue weighted by Crippen LogP contribution is -2.06. The van der Waals surface area contributed by atoms with Crippen molar-refractivity contribution >= 4 is 11.6 Å². The topological polar surface area (TPSA) is 51.2 Å². The molecule has 0 bridgehead atoms. The number of aliphatic hydroxyl groups excluding tert-OH is 1. The van der Waals surface area contributed by atoms with Gasteiger partial charge < -0.3 is 9.52 Å². The monoisotopic (exact) mass is 226 g/mol. The molecule has 0 fully saturated rings. The molecule has 0 saturated heterocycles. The number of halogens is 1. The molecule has 0 aliphatic heterocycles. The molecule has 80 valence electrons. The summed E-state index contributed by atoms with van der Waals surface area (Å²) in [5, 5.41) is 14.4. The fourth-order valence-corrected chi connectivity index (χ4v) is 1.73. The van der Waals surface area contributed by atoms with E-state index in [2.05, 4.69) is 5.10 Å². The van der Waals surface area contributed by atoms with Gasteiger partial charge in [0.2, 0.25) is 0 Å². The van der Waals surface area contributed by atoms with Crippen LogP contribution < -0.4 is 0 Å². The number of aryl methyl sites for hydroxylation is 2. The van der Waals surface area contributed by atoms with Crippen LogP contribution in [0.3, 0.4) is 0 Å². The van der Waals surface area contributed by atoms with Crippen LogP contribution in [0.2, 0.25) is 5.02 Å². The smallest absolute Gasteiger partial charge is 0.155 e. The highest BCUT2D eigenvalue weighted by atomic mass is 35.5.